The van der Waals surface area contributed by atoms with Gasteiger partial charge in [-0.3, -0.25) is 19.1 Å². The van der Waals surface area contributed by atoms with Gasteiger partial charge in [0.15, 0.2) is 9.84 Å². The van der Waals surface area contributed by atoms with Crippen molar-refractivity contribution in [3.05, 3.63) is 60.8 Å². The lowest BCUT2D eigenvalue weighted by Crippen LogP contribution is -2.51. The van der Waals surface area contributed by atoms with Crippen LogP contribution >= 0.6 is 0 Å². The number of aryl methyl sites for hydroxylation is 2. The van der Waals surface area contributed by atoms with Crippen molar-refractivity contribution in [2.75, 3.05) is 24.6 Å². The molecule has 0 aromatic carbocycles. The highest BCUT2D eigenvalue weighted by molar-refractivity contribution is 7.91. The Labute approximate surface area is 200 Å². The van der Waals surface area contributed by atoms with E-state index in [-0.39, 0.29) is 17.0 Å². The summed E-state index contributed by atoms with van der Waals surface area (Å²) < 4.78 is 27.6. The molecule has 1 saturated heterocycles. The quantitative estimate of drug-likeness (QED) is 0.423. The molecule has 0 atom stereocenters. The fourth-order valence-electron chi connectivity index (χ4n) is 4.69. The summed E-state index contributed by atoms with van der Waals surface area (Å²) in [4.78, 5) is 11.6. The van der Waals surface area contributed by atoms with Crippen LogP contribution in [0, 0.1) is 0 Å². The highest BCUT2D eigenvalue weighted by Crippen LogP contribution is 2.30. The third kappa shape index (κ3) is 4.50. The summed E-state index contributed by atoms with van der Waals surface area (Å²) in [6, 6.07) is 8.13. The molecule has 0 amide bonds. The van der Waals surface area contributed by atoms with Gasteiger partial charge in [-0.1, -0.05) is 0 Å². The van der Waals surface area contributed by atoms with E-state index < -0.39 is 9.84 Å². The zero-order valence-corrected chi connectivity index (χ0v) is 20.7. The van der Waals surface area contributed by atoms with Gasteiger partial charge in [-0.2, -0.15) is 5.10 Å². The van der Waals surface area contributed by atoms with E-state index in [2.05, 4.69) is 51.7 Å². The predicted molar refractivity (Wildman–Crippen MR) is 134 cm³/mol. The van der Waals surface area contributed by atoms with Crippen molar-refractivity contribution in [1.29, 1.82) is 0 Å². The molecule has 0 bridgehead atoms. The molecule has 34 heavy (non-hydrogen) atoms. The van der Waals surface area contributed by atoms with E-state index in [0.29, 0.717) is 13.1 Å². The van der Waals surface area contributed by atoms with E-state index in [1.807, 2.05) is 37.8 Å². The fourth-order valence-corrected chi connectivity index (χ4v) is 5.89. The minimum atomic E-state index is -2.89. The third-order valence-electron chi connectivity index (χ3n) is 6.87. The molecule has 0 unspecified atom stereocenters. The Morgan fingerprint density at radius 3 is 2.53 bits per heavy atom. The Balaban J connectivity index is 1.47. The molecule has 1 aliphatic heterocycles. The van der Waals surface area contributed by atoms with Gasteiger partial charge in [0.2, 0.25) is 0 Å². The van der Waals surface area contributed by atoms with Crippen molar-refractivity contribution < 1.29 is 8.42 Å². The minimum absolute atomic E-state index is 0.0955. The predicted octanol–water partition coefficient (Wildman–Crippen LogP) is 3.26. The Hall–Kier alpha value is -3.04. The van der Waals surface area contributed by atoms with Crippen LogP contribution in [-0.2, 0) is 23.3 Å². The second-order valence-corrected chi connectivity index (χ2v) is 12.0. The highest BCUT2D eigenvalue weighted by atomic mass is 32.2. The van der Waals surface area contributed by atoms with E-state index in [1.54, 1.807) is 10.9 Å². The van der Waals surface area contributed by atoms with Crippen LogP contribution in [0.5, 0.6) is 0 Å². The topological polar surface area (TPSA) is 85.9 Å². The Morgan fingerprint density at radius 1 is 1.06 bits per heavy atom. The lowest BCUT2D eigenvalue weighted by Gasteiger charge is -2.41. The van der Waals surface area contributed by atoms with Crippen molar-refractivity contribution in [2.45, 2.75) is 32.2 Å². The maximum atomic E-state index is 11.9. The van der Waals surface area contributed by atoms with Gasteiger partial charge in [-0.25, -0.2) is 13.4 Å². The molecule has 0 aliphatic carbocycles. The first-order valence-corrected chi connectivity index (χ1v) is 13.4. The number of sulfone groups is 1. The zero-order valence-electron chi connectivity index (χ0n) is 19.8. The molecule has 1 aliphatic rings. The van der Waals surface area contributed by atoms with Gasteiger partial charge in [-0.15, -0.1) is 0 Å². The SMILES string of the molecule is Cn1cc(-n2cc(CCC(C)(C)N3CCS(=O)(=O)CC3)c3ccc(-c4cccnc4)nc32)cn1. The molecular formula is C25H30N6O2S. The molecule has 4 aromatic rings. The van der Waals surface area contributed by atoms with Gasteiger partial charge >= 0.3 is 0 Å². The fraction of sp³-hybridized carbons (Fsp3) is 0.400. The van der Waals surface area contributed by atoms with Gasteiger partial charge in [0.05, 0.1) is 29.1 Å². The number of fused-ring (bicyclic) bond motifs is 1. The number of pyridine rings is 2. The third-order valence-corrected chi connectivity index (χ3v) is 8.48. The van der Waals surface area contributed by atoms with Gasteiger partial charge in [0.1, 0.15) is 5.65 Å². The second-order valence-electron chi connectivity index (χ2n) is 9.66. The number of aromatic nitrogens is 5. The average Bonchev–Trinajstić information content (AvgIpc) is 3.41. The normalized spacial score (nSPS) is 16.8. The van der Waals surface area contributed by atoms with Crippen LogP contribution < -0.4 is 0 Å². The highest BCUT2D eigenvalue weighted by Gasteiger charge is 2.32. The van der Waals surface area contributed by atoms with Crippen LogP contribution in [0.2, 0.25) is 0 Å². The molecule has 8 nitrogen and oxygen atoms in total. The lowest BCUT2D eigenvalue weighted by atomic mass is 9.93. The van der Waals surface area contributed by atoms with Crippen LogP contribution in [0.25, 0.3) is 28.0 Å². The number of rotatable bonds is 6. The standard InChI is InChI=1S/C25H30N6O2S/c1-25(2,30-11-13-34(32,33)14-12-30)9-8-20-17-31(21-16-27-29(3)18-21)24-22(20)6-7-23(28-24)19-5-4-10-26-15-19/h4-7,10,15-18H,8-9,11-14H2,1-3H3. The van der Waals surface area contributed by atoms with Gasteiger partial charge in [0, 0.05) is 61.4 Å². The van der Waals surface area contributed by atoms with Gasteiger partial charge < -0.3 is 0 Å². The van der Waals surface area contributed by atoms with Crippen LogP contribution in [0.1, 0.15) is 25.8 Å². The Kier molecular flexibility index (Phi) is 5.77. The molecule has 0 radical (unpaired) electrons. The first kappa shape index (κ1) is 22.7. The maximum absolute atomic E-state index is 11.9. The van der Waals surface area contributed by atoms with Gasteiger partial charge in [0.25, 0.3) is 0 Å². The molecule has 0 spiro atoms. The van der Waals surface area contributed by atoms with Crippen LogP contribution in [-0.4, -0.2) is 67.8 Å². The summed E-state index contributed by atoms with van der Waals surface area (Å²) in [5.41, 5.74) is 4.85. The number of hydrogen-bond acceptors (Lipinski definition) is 6. The molecular weight excluding hydrogens is 448 g/mol. The molecule has 0 N–H and O–H groups in total. The zero-order chi connectivity index (χ0) is 23.9. The molecule has 5 rings (SSSR count). The largest absolute Gasteiger partial charge is 0.298 e. The lowest BCUT2D eigenvalue weighted by molar-refractivity contribution is 0.123. The summed E-state index contributed by atoms with van der Waals surface area (Å²) >= 11 is 0. The minimum Gasteiger partial charge on any atom is -0.298 e. The summed E-state index contributed by atoms with van der Waals surface area (Å²) in [6.07, 6.45) is 11.4. The van der Waals surface area contributed by atoms with Gasteiger partial charge in [-0.05, 0) is 56.5 Å². The maximum Gasteiger partial charge on any atom is 0.152 e. The molecule has 1 fully saturated rings. The number of hydrogen-bond donors (Lipinski definition) is 0. The van der Waals surface area contributed by atoms with E-state index in [9.17, 15) is 8.42 Å². The van der Waals surface area contributed by atoms with Crippen molar-refractivity contribution in [1.82, 2.24) is 29.2 Å². The van der Waals surface area contributed by atoms with Crippen LogP contribution in [0.3, 0.4) is 0 Å². The molecule has 0 saturated carbocycles. The van der Waals surface area contributed by atoms with E-state index in [0.717, 1.165) is 40.8 Å². The molecule has 4 aromatic heterocycles. The van der Waals surface area contributed by atoms with Crippen molar-refractivity contribution in [2.24, 2.45) is 7.05 Å². The first-order chi connectivity index (χ1) is 16.2. The Bertz CT molecular complexity index is 1410. The second kappa shape index (κ2) is 8.63. The summed E-state index contributed by atoms with van der Waals surface area (Å²) in [7, 11) is -0.981. The summed E-state index contributed by atoms with van der Waals surface area (Å²) in [5, 5.41) is 5.47. The average molecular weight is 479 g/mol. The Morgan fingerprint density at radius 2 is 1.85 bits per heavy atom. The van der Waals surface area contributed by atoms with Crippen molar-refractivity contribution >= 4 is 20.9 Å². The van der Waals surface area contributed by atoms with Crippen molar-refractivity contribution in [3.63, 3.8) is 0 Å². The molecule has 5 heterocycles. The van der Waals surface area contributed by atoms with Crippen molar-refractivity contribution in [3.8, 4) is 16.9 Å². The number of nitrogens with zero attached hydrogens (tertiary/aromatic N) is 6. The molecule has 178 valence electrons. The van der Waals surface area contributed by atoms with Crippen LogP contribution in [0.4, 0.5) is 0 Å². The summed E-state index contributed by atoms with van der Waals surface area (Å²) in [5.74, 6) is 0.496. The van der Waals surface area contributed by atoms with E-state index in [1.165, 1.54) is 5.56 Å². The first-order valence-electron chi connectivity index (χ1n) is 11.6. The molecule has 9 heteroatoms. The smallest absolute Gasteiger partial charge is 0.152 e. The summed E-state index contributed by atoms with van der Waals surface area (Å²) in [6.45, 7) is 5.62. The van der Waals surface area contributed by atoms with Crippen LogP contribution in [0.15, 0.2) is 55.2 Å². The monoisotopic (exact) mass is 478 g/mol. The van der Waals surface area contributed by atoms with E-state index >= 15 is 0 Å². The van der Waals surface area contributed by atoms with E-state index in [4.69, 9.17) is 4.98 Å².